The quantitative estimate of drug-likeness (QED) is 0.846. The van der Waals surface area contributed by atoms with E-state index in [2.05, 4.69) is 18.7 Å². The SMILES string of the molecule is C[C@@H]1CN(Cc2cc(=O)n3c4c(sc3n2)CCCC4)C[C@@H](C)O1. The Hall–Kier alpha value is -1.24. The van der Waals surface area contributed by atoms with Gasteiger partial charge in [-0.2, -0.15) is 0 Å². The molecule has 0 amide bonds. The van der Waals surface area contributed by atoms with Crippen molar-refractivity contribution in [1.82, 2.24) is 14.3 Å². The van der Waals surface area contributed by atoms with Crippen molar-refractivity contribution in [2.45, 2.75) is 58.3 Å². The maximum Gasteiger partial charge on any atom is 0.259 e. The van der Waals surface area contributed by atoms with E-state index in [1.165, 1.54) is 23.4 Å². The Morgan fingerprint density at radius 2 is 2.00 bits per heavy atom. The molecule has 1 aliphatic heterocycles. The van der Waals surface area contributed by atoms with Gasteiger partial charge in [0, 0.05) is 36.3 Å². The van der Waals surface area contributed by atoms with Crippen LogP contribution in [-0.4, -0.2) is 39.6 Å². The molecule has 1 saturated heterocycles. The Balaban J connectivity index is 1.65. The number of fused-ring (bicyclic) bond motifs is 3. The zero-order chi connectivity index (χ0) is 16.0. The molecule has 0 radical (unpaired) electrons. The van der Waals surface area contributed by atoms with Gasteiger partial charge in [0.1, 0.15) is 0 Å². The van der Waals surface area contributed by atoms with E-state index in [1.807, 2.05) is 4.40 Å². The first-order chi connectivity index (χ1) is 11.1. The highest BCUT2D eigenvalue weighted by molar-refractivity contribution is 7.17. The average molecular weight is 333 g/mol. The molecule has 0 bridgehead atoms. The fraction of sp³-hybridized carbons (Fsp3) is 0.647. The molecule has 6 heteroatoms. The maximum absolute atomic E-state index is 12.6. The van der Waals surface area contributed by atoms with Crippen LogP contribution in [0, 0.1) is 0 Å². The van der Waals surface area contributed by atoms with Gasteiger partial charge >= 0.3 is 0 Å². The fourth-order valence-corrected chi connectivity index (χ4v) is 5.10. The zero-order valence-corrected chi connectivity index (χ0v) is 14.6. The van der Waals surface area contributed by atoms with Gasteiger partial charge in [0.2, 0.25) is 0 Å². The molecule has 0 aromatic carbocycles. The van der Waals surface area contributed by atoms with Crippen LogP contribution in [0.4, 0.5) is 0 Å². The second-order valence-electron chi connectivity index (χ2n) is 6.83. The van der Waals surface area contributed by atoms with Crippen LogP contribution in [0.2, 0.25) is 0 Å². The molecule has 2 aromatic heterocycles. The van der Waals surface area contributed by atoms with Crippen LogP contribution >= 0.6 is 11.3 Å². The van der Waals surface area contributed by atoms with Gasteiger partial charge in [0.25, 0.3) is 5.56 Å². The summed E-state index contributed by atoms with van der Waals surface area (Å²) >= 11 is 1.70. The lowest BCUT2D eigenvalue weighted by molar-refractivity contribution is -0.0707. The van der Waals surface area contributed by atoms with Crippen LogP contribution in [-0.2, 0) is 24.1 Å². The summed E-state index contributed by atoms with van der Waals surface area (Å²) in [5.41, 5.74) is 2.17. The Morgan fingerprint density at radius 1 is 1.26 bits per heavy atom. The summed E-state index contributed by atoms with van der Waals surface area (Å²) in [6.45, 7) is 6.72. The van der Waals surface area contributed by atoms with E-state index in [-0.39, 0.29) is 17.8 Å². The molecule has 0 saturated carbocycles. The molecular weight excluding hydrogens is 310 g/mol. The van der Waals surface area contributed by atoms with E-state index in [1.54, 1.807) is 17.4 Å². The molecule has 1 fully saturated rings. The first kappa shape index (κ1) is 15.3. The first-order valence-corrected chi connectivity index (χ1v) is 9.33. The number of aromatic nitrogens is 2. The predicted molar refractivity (Wildman–Crippen MR) is 91.3 cm³/mol. The monoisotopic (exact) mass is 333 g/mol. The third-order valence-corrected chi connectivity index (χ3v) is 5.84. The molecule has 1 aliphatic carbocycles. The number of aryl methyl sites for hydroxylation is 2. The second kappa shape index (κ2) is 6.00. The van der Waals surface area contributed by atoms with E-state index < -0.39 is 0 Å². The molecule has 4 rings (SSSR count). The van der Waals surface area contributed by atoms with Crippen LogP contribution in [0.25, 0.3) is 4.96 Å². The Kier molecular flexibility index (Phi) is 3.99. The standard InChI is InChI=1S/C17H23N3O2S/c1-11-8-19(9-12(2)22-11)10-13-7-16(21)20-14-5-3-4-6-15(14)23-17(20)18-13/h7,11-12H,3-6,8-10H2,1-2H3/t11-,12-/m1/s1. The Morgan fingerprint density at radius 3 is 2.78 bits per heavy atom. The van der Waals surface area contributed by atoms with Crippen molar-refractivity contribution in [3.05, 3.63) is 32.7 Å². The predicted octanol–water partition coefficient (Wildman–Crippen LogP) is 2.24. The van der Waals surface area contributed by atoms with Crippen LogP contribution < -0.4 is 5.56 Å². The van der Waals surface area contributed by atoms with Crippen molar-refractivity contribution in [3.8, 4) is 0 Å². The number of ether oxygens (including phenoxy) is 1. The molecule has 0 N–H and O–H groups in total. The van der Waals surface area contributed by atoms with Gasteiger partial charge in [-0.1, -0.05) is 0 Å². The largest absolute Gasteiger partial charge is 0.373 e. The van der Waals surface area contributed by atoms with Gasteiger partial charge < -0.3 is 4.74 Å². The number of nitrogens with zero attached hydrogens (tertiary/aromatic N) is 3. The summed E-state index contributed by atoms with van der Waals surface area (Å²) in [5.74, 6) is 0. The number of hydrogen-bond acceptors (Lipinski definition) is 5. The molecule has 3 heterocycles. The van der Waals surface area contributed by atoms with Crippen LogP contribution in [0.1, 0.15) is 43.0 Å². The molecule has 2 aliphatic rings. The van der Waals surface area contributed by atoms with E-state index in [9.17, 15) is 4.79 Å². The van der Waals surface area contributed by atoms with E-state index >= 15 is 0 Å². The average Bonchev–Trinajstić information content (AvgIpc) is 2.84. The highest BCUT2D eigenvalue weighted by atomic mass is 32.1. The van der Waals surface area contributed by atoms with Crippen molar-refractivity contribution >= 4 is 16.3 Å². The summed E-state index contributed by atoms with van der Waals surface area (Å²) in [6.07, 6.45) is 4.97. The zero-order valence-electron chi connectivity index (χ0n) is 13.7. The molecule has 124 valence electrons. The van der Waals surface area contributed by atoms with Gasteiger partial charge in [-0.25, -0.2) is 4.98 Å². The summed E-state index contributed by atoms with van der Waals surface area (Å²) in [5, 5.41) is 0. The van der Waals surface area contributed by atoms with Crippen molar-refractivity contribution in [1.29, 1.82) is 0 Å². The molecule has 0 unspecified atom stereocenters. The molecule has 2 aromatic rings. The number of thiazole rings is 1. The van der Waals surface area contributed by atoms with Gasteiger partial charge in [-0.3, -0.25) is 14.1 Å². The van der Waals surface area contributed by atoms with E-state index in [0.717, 1.165) is 43.1 Å². The van der Waals surface area contributed by atoms with Crippen LogP contribution in [0.3, 0.4) is 0 Å². The lowest BCUT2D eigenvalue weighted by Crippen LogP contribution is -2.45. The molecular formula is C17H23N3O2S. The van der Waals surface area contributed by atoms with Crippen LogP contribution in [0.5, 0.6) is 0 Å². The second-order valence-corrected chi connectivity index (χ2v) is 7.90. The van der Waals surface area contributed by atoms with Crippen molar-refractivity contribution in [2.24, 2.45) is 0 Å². The molecule has 2 atom stereocenters. The van der Waals surface area contributed by atoms with E-state index in [0.29, 0.717) is 0 Å². The highest BCUT2D eigenvalue weighted by Crippen LogP contribution is 2.28. The minimum Gasteiger partial charge on any atom is -0.373 e. The lowest BCUT2D eigenvalue weighted by Gasteiger charge is -2.34. The molecule has 23 heavy (non-hydrogen) atoms. The molecule has 5 nitrogen and oxygen atoms in total. The first-order valence-electron chi connectivity index (χ1n) is 8.51. The fourth-order valence-electron chi connectivity index (χ4n) is 3.87. The van der Waals surface area contributed by atoms with Gasteiger partial charge in [-0.15, -0.1) is 11.3 Å². The minimum absolute atomic E-state index is 0.0822. The smallest absolute Gasteiger partial charge is 0.259 e. The molecule has 0 spiro atoms. The van der Waals surface area contributed by atoms with Gasteiger partial charge in [-0.05, 0) is 39.5 Å². The Labute approximate surface area is 139 Å². The maximum atomic E-state index is 12.6. The number of morpholine rings is 1. The van der Waals surface area contributed by atoms with Gasteiger partial charge in [0.15, 0.2) is 4.96 Å². The third-order valence-electron chi connectivity index (χ3n) is 4.70. The topological polar surface area (TPSA) is 46.8 Å². The number of hydrogen-bond donors (Lipinski definition) is 0. The summed E-state index contributed by atoms with van der Waals surface area (Å²) in [6, 6.07) is 1.72. The summed E-state index contributed by atoms with van der Waals surface area (Å²) < 4.78 is 7.62. The van der Waals surface area contributed by atoms with Crippen molar-refractivity contribution < 1.29 is 4.74 Å². The van der Waals surface area contributed by atoms with Gasteiger partial charge in [0.05, 0.1) is 17.9 Å². The number of rotatable bonds is 2. The minimum atomic E-state index is 0.0822. The van der Waals surface area contributed by atoms with Crippen LogP contribution in [0.15, 0.2) is 10.9 Å². The van der Waals surface area contributed by atoms with Crippen molar-refractivity contribution in [3.63, 3.8) is 0 Å². The Bertz CT molecular complexity index is 772. The lowest BCUT2D eigenvalue weighted by atomic mass is 10.0. The normalized spacial score (nSPS) is 25.7. The summed E-state index contributed by atoms with van der Waals surface area (Å²) in [4.78, 5) is 21.9. The third kappa shape index (κ3) is 2.95. The van der Waals surface area contributed by atoms with E-state index in [4.69, 9.17) is 9.72 Å². The van der Waals surface area contributed by atoms with Crippen molar-refractivity contribution in [2.75, 3.05) is 13.1 Å². The highest BCUT2D eigenvalue weighted by Gasteiger charge is 2.23. The summed E-state index contributed by atoms with van der Waals surface area (Å²) in [7, 11) is 0.